The summed E-state index contributed by atoms with van der Waals surface area (Å²) in [6.07, 6.45) is 74.3. The number of likely N-dealkylation sites (N-methyl/N-ethyl adjacent to an activating group) is 1. The number of rotatable bonds is 64. The molecule has 0 aliphatic carbocycles. The lowest BCUT2D eigenvalue weighted by atomic mass is 10.0. The van der Waals surface area contributed by atoms with Gasteiger partial charge in [0.2, 0.25) is 5.91 Å². The summed E-state index contributed by atoms with van der Waals surface area (Å²) < 4.78 is 23.5. The Bertz CT molecular complexity index is 1240. The molecule has 8 nitrogen and oxygen atoms in total. The highest BCUT2D eigenvalue weighted by molar-refractivity contribution is 7.45. The fourth-order valence-electron chi connectivity index (χ4n) is 10.7. The zero-order chi connectivity index (χ0) is 55.6. The van der Waals surface area contributed by atoms with Crippen LogP contribution in [0.3, 0.4) is 0 Å². The van der Waals surface area contributed by atoms with E-state index in [1.165, 1.54) is 295 Å². The number of nitrogens with zero attached hydrogens (tertiary/aromatic N) is 1. The quantitative estimate of drug-likeness (QED) is 0.0272. The Labute approximate surface area is 475 Å². The van der Waals surface area contributed by atoms with Crippen molar-refractivity contribution in [3.8, 4) is 0 Å². The van der Waals surface area contributed by atoms with Gasteiger partial charge in [-0.1, -0.05) is 328 Å². The number of nitrogens with one attached hydrogen (secondary N) is 1. The van der Waals surface area contributed by atoms with Gasteiger partial charge in [-0.05, 0) is 38.5 Å². The van der Waals surface area contributed by atoms with E-state index in [0.29, 0.717) is 23.9 Å². The number of hydrogen-bond donors (Lipinski definition) is 2. The van der Waals surface area contributed by atoms with Crippen LogP contribution >= 0.6 is 7.82 Å². The third kappa shape index (κ3) is 60.9. The van der Waals surface area contributed by atoms with E-state index in [9.17, 15) is 19.4 Å². The molecule has 2 N–H and O–H groups in total. The highest BCUT2D eigenvalue weighted by Gasteiger charge is 2.24. The Morgan fingerprint density at radius 1 is 0.447 bits per heavy atom. The molecule has 3 unspecified atom stereocenters. The van der Waals surface area contributed by atoms with Gasteiger partial charge in [0.15, 0.2) is 0 Å². The van der Waals surface area contributed by atoms with Crippen molar-refractivity contribution in [1.29, 1.82) is 0 Å². The van der Waals surface area contributed by atoms with E-state index in [-0.39, 0.29) is 19.1 Å². The summed E-state index contributed by atoms with van der Waals surface area (Å²) in [5.41, 5.74) is 0. The smallest absolute Gasteiger partial charge is 0.268 e. The second-order valence-corrected chi connectivity index (χ2v) is 26.3. The highest BCUT2D eigenvalue weighted by atomic mass is 31.2. The maximum absolute atomic E-state index is 13.0. The number of quaternary nitrogens is 1. The minimum atomic E-state index is -4.57. The summed E-state index contributed by atoms with van der Waals surface area (Å²) >= 11 is 0. The number of aliphatic hydroxyl groups excluding tert-OH is 1. The van der Waals surface area contributed by atoms with E-state index in [1.807, 2.05) is 21.1 Å². The molecule has 0 radical (unpaired) electrons. The number of carbonyl (C=O) groups is 1. The van der Waals surface area contributed by atoms with Crippen LogP contribution in [0.15, 0.2) is 12.2 Å². The third-order valence-corrected chi connectivity index (χ3v) is 17.0. The molecule has 1 amide bonds. The van der Waals surface area contributed by atoms with Gasteiger partial charge in [0, 0.05) is 6.42 Å². The van der Waals surface area contributed by atoms with Gasteiger partial charge in [-0.3, -0.25) is 9.36 Å². The minimum absolute atomic E-state index is 0.0160. The molecule has 0 aromatic heterocycles. The van der Waals surface area contributed by atoms with Gasteiger partial charge >= 0.3 is 0 Å². The van der Waals surface area contributed by atoms with E-state index < -0.39 is 20.0 Å². The monoisotopic (exact) mass is 1100 g/mol. The van der Waals surface area contributed by atoms with Crippen LogP contribution in [0.5, 0.6) is 0 Å². The van der Waals surface area contributed by atoms with Gasteiger partial charge in [0.1, 0.15) is 13.2 Å². The number of unbranched alkanes of at least 4 members (excludes halogenated alkanes) is 49. The van der Waals surface area contributed by atoms with Crippen LogP contribution < -0.4 is 10.2 Å². The molecule has 9 heteroatoms. The van der Waals surface area contributed by atoms with Crippen LogP contribution in [-0.4, -0.2) is 68.5 Å². The summed E-state index contributed by atoms with van der Waals surface area (Å²) in [4.78, 5) is 25.6. The van der Waals surface area contributed by atoms with Crippen molar-refractivity contribution in [3.05, 3.63) is 12.2 Å². The molecule has 0 aromatic rings. The first-order valence-corrected chi connectivity index (χ1v) is 35.5. The topological polar surface area (TPSA) is 108 Å². The highest BCUT2D eigenvalue weighted by Crippen LogP contribution is 2.38. The second-order valence-electron chi connectivity index (χ2n) is 24.9. The number of allylic oxidation sites excluding steroid dienone is 2. The molecule has 0 aliphatic heterocycles. The number of amides is 1. The van der Waals surface area contributed by atoms with Gasteiger partial charge in [-0.15, -0.1) is 0 Å². The van der Waals surface area contributed by atoms with Crippen LogP contribution in [0.1, 0.15) is 361 Å². The van der Waals surface area contributed by atoms with Crippen LogP contribution in [-0.2, 0) is 18.4 Å². The summed E-state index contributed by atoms with van der Waals surface area (Å²) in [5.74, 6) is -0.155. The minimum Gasteiger partial charge on any atom is -0.756 e. The summed E-state index contributed by atoms with van der Waals surface area (Å²) in [6.45, 7) is 4.78. The lowest BCUT2D eigenvalue weighted by Gasteiger charge is -2.30. The van der Waals surface area contributed by atoms with E-state index in [2.05, 4.69) is 31.3 Å². The Morgan fingerprint density at radius 2 is 0.724 bits per heavy atom. The van der Waals surface area contributed by atoms with Crippen molar-refractivity contribution in [1.82, 2.24) is 5.32 Å². The Balaban J connectivity index is 3.93. The maximum atomic E-state index is 13.0. The molecule has 0 aromatic carbocycles. The number of hydrogen-bond acceptors (Lipinski definition) is 6. The van der Waals surface area contributed by atoms with Crippen molar-refractivity contribution in [2.45, 2.75) is 373 Å². The predicted molar refractivity (Wildman–Crippen MR) is 330 cm³/mol. The fourth-order valence-corrected chi connectivity index (χ4v) is 11.4. The first-order valence-electron chi connectivity index (χ1n) is 34.0. The third-order valence-electron chi connectivity index (χ3n) is 16.0. The van der Waals surface area contributed by atoms with Crippen molar-refractivity contribution in [2.75, 3.05) is 40.9 Å². The lowest BCUT2D eigenvalue weighted by Crippen LogP contribution is -2.46. The van der Waals surface area contributed by atoms with Crippen molar-refractivity contribution < 1.29 is 32.9 Å². The van der Waals surface area contributed by atoms with Crippen LogP contribution in [0.2, 0.25) is 0 Å². The molecule has 0 heterocycles. The standard InChI is InChI=1S/C67H135N2O6P/c1-6-8-10-12-14-16-18-20-22-24-26-27-28-29-30-31-32-33-34-35-36-37-38-39-40-41-43-45-47-49-51-53-55-57-59-61-67(71)68-65(64-75-76(72,73)74-63-62-69(3,4)5)66(70)60-58-56-54-52-50-48-46-44-42-25-23-21-19-17-15-13-11-9-7-2/h24,26,65-66,70H,6-23,25,27-64H2,1-5H3,(H-,68,71,72,73)/b26-24-. The van der Waals surface area contributed by atoms with E-state index in [0.717, 1.165) is 38.5 Å². The van der Waals surface area contributed by atoms with Crippen molar-refractivity contribution in [3.63, 3.8) is 0 Å². The van der Waals surface area contributed by atoms with Crippen molar-refractivity contribution >= 4 is 13.7 Å². The fraction of sp³-hybridized carbons (Fsp3) is 0.955. The Kier molecular flexibility index (Phi) is 58.3. The molecule has 3 atom stereocenters. The van der Waals surface area contributed by atoms with E-state index in [1.54, 1.807) is 0 Å². The molecular formula is C67H135N2O6P. The Morgan fingerprint density at radius 3 is 1.03 bits per heavy atom. The first kappa shape index (κ1) is 75.2. The summed E-state index contributed by atoms with van der Waals surface area (Å²) in [6, 6.07) is -0.797. The largest absolute Gasteiger partial charge is 0.756 e. The maximum Gasteiger partial charge on any atom is 0.268 e. The number of phosphoric acid groups is 1. The number of phosphoric ester groups is 1. The van der Waals surface area contributed by atoms with Gasteiger partial charge in [-0.25, -0.2) is 0 Å². The molecule has 0 rings (SSSR count). The van der Waals surface area contributed by atoms with E-state index in [4.69, 9.17) is 9.05 Å². The number of carbonyl (C=O) groups excluding carboxylic acids is 1. The van der Waals surface area contributed by atoms with E-state index >= 15 is 0 Å². The number of aliphatic hydroxyl groups is 1. The molecule has 76 heavy (non-hydrogen) atoms. The van der Waals surface area contributed by atoms with Crippen LogP contribution in [0.4, 0.5) is 0 Å². The molecule has 0 fully saturated rings. The normalized spacial score (nSPS) is 13.7. The average molecular weight is 1100 g/mol. The molecule has 0 aliphatic rings. The molecule has 0 bridgehead atoms. The second kappa shape index (κ2) is 58.9. The van der Waals surface area contributed by atoms with Crippen LogP contribution in [0, 0.1) is 0 Å². The summed E-state index contributed by atoms with van der Waals surface area (Å²) in [7, 11) is 1.33. The van der Waals surface area contributed by atoms with Crippen molar-refractivity contribution in [2.24, 2.45) is 0 Å². The molecule has 0 saturated heterocycles. The SMILES string of the molecule is CCCCCCCCCC/C=C\CCCCCCCCCCCCCCCCCCCCCCCCCC(=O)NC(COP(=O)([O-])OCC[N+](C)(C)C)C(O)CCCCCCCCCCCCCCCCCCCCC. The average Bonchev–Trinajstić information content (AvgIpc) is 3.38. The van der Waals surface area contributed by atoms with Crippen LogP contribution in [0.25, 0.3) is 0 Å². The summed E-state index contributed by atoms with van der Waals surface area (Å²) in [5, 5.41) is 14.1. The Hall–Kier alpha value is -0.760. The molecule has 454 valence electrons. The zero-order valence-corrected chi connectivity index (χ0v) is 52.9. The van der Waals surface area contributed by atoms with Gasteiger partial charge in [0.25, 0.3) is 7.82 Å². The first-order chi connectivity index (χ1) is 37.0. The zero-order valence-electron chi connectivity index (χ0n) is 52.0. The lowest BCUT2D eigenvalue weighted by molar-refractivity contribution is -0.870. The molecule has 0 spiro atoms. The van der Waals surface area contributed by atoms with Gasteiger partial charge in [-0.2, -0.15) is 0 Å². The molecule has 0 saturated carbocycles. The van der Waals surface area contributed by atoms with Gasteiger partial charge in [0.05, 0.1) is 39.9 Å². The molecular weight excluding hydrogens is 960 g/mol. The predicted octanol–water partition coefficient (Wildman–Crippen LogP) is 20.7. The van der Waals surface area contributed by atoms with Gasteiger partial charge < -0.3 is 28.8 Å².